The molecule has 0 aromatic heterocycles. The SMILES string of the molecule is CC(=O)O[C@@H]1[C@@H](OC(C)=O)[C@H](OCc2ccccc2)O[C@H](CO[Si](C)(C)C(C)(C)C)[C@H]1OC(C)=O. The van der Waals surface area contributed by atoms with Crippen molar-refractivity contribution in [3.05, 3.63) is 35.9 Å². The molecule has 1 aromatic rings. The van der Waals surface area contributed by atoms with Gasteiger partial charge in [-0.15, -0.1) is 0 Å². The average molecular weight is 511 g/mol. The predicted molar refractivity (Wildman–Crippen MR) is 130 cm³/mol. The number of carbonyl (C=O) groups is 3. The van der Waals surface area contributed by atoms with Gasteiger partial charge < -0.3 is 28.1 Å². The van der Waals surface area contributed by atoms with Gasteiger partial charge in [0.05, 0.1) is 13.2 Å². The second kappa shape index (κ2) is 12.1. The maximum absolute atomic E-state index is 12.0. The normalized spacial score (nSPS) is 25.0. The second-order valence-corrected chi connectivity index (χ2v) is 14.9. The molecule has 1 saturated heterocycles. The number of ether oxygens (including phenoxy) is 5. The van der Waals surface area contributed by atoms with Crippen molar-refractivity contribution in [3.63, 3.8) is 0 Å². The van der Waals surface area contributed by atoms with Gasteiger partial charge in [0.25, 0.3) is 0 Å². The van der Waals surface area contributed by atoms with Crippen molar-refractivity contribution in [1.82, 2.24) is 0 Å². The lowest BCUT2D eigenvalue weighted by molar-refractivity contribution is -0.309. The molecule has 1 fully saturated rings. The number of benzene rings is 1. The van der Waals surface area contributed by atoms with Crippen LogP contribution < -0.4 is 0 Å². The van der Waals surface area contributed by atoms with E-state index in [1.165, 1.54) is 20.8 Å². The van der Waals surface area contributed by atoms with Gasteiger partial charge in [0, 0.05) is 20.8 Å². The van der Waals surface area contributed by atoms with Gasteiger partial charge in [-0.2, -0.15) is 0 Å². The minimum absolute atomic E-state index is 0.0721. The van der Waals surface area contributed by atoms with E-state index in [2.05, 4.69) is 33.9 Å². The van der Waals surface area contributed by atoms with Crippen molar-refractivity contribution < 1.29 is 42.5 Å². The number of esters is 3. The van der Waals surface area contributed by atoms with Gasteiger partial charge >= 0.3 is 17.9 Å². The summed E-state index contributed by atoms with van der Waals surface area (Å²) in [4.78, 5) is 35.9. The largest absolute Gasteiger partial charge is 0.456 e. The average Bonchev–Trinajstić information content (AvgIpc) is 2.73. The maximum atomic E-state index is 12.0. The lowest BCUT2D eigenvalue weighted by Gasteiger charge is -2.45. The maximum Gasteiger partial charge on any atom is 0.303 e. The highest BCUT2D eigenvalue weighted by molar-refractivity contribution is 6.74. The zero-order valence-electron chi connectivity index (χ0n) is 21.9. The van der Waals surface area contributed by atoms with Crippen LogP contribution in [0.4, 0.5) is 0 Å². The highest BCUT2D eigenvalue weighted by Gasteiger charge is 2.53. The third-order valence-corrected chi connectivity index (χ3v) is 10.7. The van der Waals surface area contributed by atoms with Crippen LogP contribution in [0.1, 0.15) is 47.1 Å². The lowest BCUT2D eigenvalue weighted by Crippen LogP contribution is -2.63. The Balaban J connectivity index is 2.40. The summed E-state index contributed by atoms with van der Waals surface area (Å²) < 4.78 is 35.1. The molecule has 10 heteroatoms. The second-order valence-electron chi connectivity index (χ2n) is 10.1. The summed E-state index contributed by atoms with van der Waals surface area (Å²) in [5, 5.41) is -0.0721. The van der Waals surface area contributed by atoms with Gasteiger partial charge in [0.1, 0.15) is 6.10 Å². The summed E-state index contributed by atoms with van der Waals surface area (Å²) in [6.07, 6.45) is -5.30. The monoisotopic (exact) mass is 510 g/mol. The Morgan fingerprint density at radius 2 is 1.37 bits per heavy atom. The quantitative estimate of drug-likeness (QED) is 0.279. The summed E-state index contributed by atoms with van der Waals surface area (Å²) in [6.45, 7) is 14.4. The molecule has 0 radical (unpaired) electrons. The molecule has 9 nitrogen and oxygen atoms in total. The van der Waals surface area contributed by atoms with E-state index in [1.54, 1.807) is 0 Å². The first-order valence-electron chi connectivity index (χ1n) is 11.7. The number of hydrogen-bond acceptors (Lipinski definition) is 9. The van der Waals surface area contributed by atoms with Crippen molar-refractivity contribution in [2.45, 2.75) is 97.0 Å². The smallest absolute Gasteiger partial charge is 0.303 e. The van der Waals surface area contributed by atoms with E-state index in [0.717, 1.165) is 5.56 Å². The first kappa shape index (κ1) is 29.0. The van der Waals surface area contributed by atoms with Crippen molar-refractivity contribution in [1.29, 1.82) is 0 Å². The van der Waals surface area contributed by atoms with E-state index in [4.69, 9.17) is 28.1 Å². The zero-order valence-corrected chi connectivity index (χ0v) is 22.9. The molecule has 0 spiro atoms. The predicted octanol–water partition coefficient (Wildman–Crippen LogP) is 3.75. The van der Waals surface area contributed by atoms with E-state index in [-0.39, 0.29) is 18.3 Å². The highest BCUT2D eigenvalue weighted by atomic mass is 28.4. The van der Waals surface area contributed by atoms with E-state index >= 15 is 0 Å². The zero-order chi connectivity index (χ0) is 26.4. The van der Waals surface area contributed by atoms with E-state index in [1.807, 2.05) is 30.3 Å². The summed E-state index contributed by atoms with van der Waals surface area (Å²) >= 11 is 0. The molecule has 196 valence electrons. The Morgan fingerprint density at radius 1 is 0.857 bits per heavy atom. The molecule has 0 bridgehead atoms. The van der Waals surface area contributed by atoms with Crippen LogP contribution in [0.2, 0.25) is 18.1 Å². The van der Waals surface area contributed by atoms with Crippen LogP contribution in [0.15, 0.2) is 30.3 Å². The number of hydrogen-bond donors (Lipinski definition) is 0. The summed E-state index contributed by atoms with van der Waals surface area (Å²) in [6, 6.07) is 9.40. The van der Waals surface area contributed by atoms with Gasteiger partial charge in [-0.1, -0.05) is 51.1 Å². The highest BCUT2D eigenvalue weighted by Crippen LogP contribution is 2.38. The fraction of sp³-hybridized carbons (Fsp3) is 0.640. The minimum atomic E-state index is -2.20. The third-order valence-electron chi connectivity index (χ3n) is 6.17. The van der Waals surface area contributed by atoms with Gasteiger partial charge in [-0.05, 0) is 23.7 Å². The molecule has 0 aliphatic carbocycles. The van der Waals surface area contributed by atoms with Crippen LogP contribution in [0, 0.1) is 0 Å². The summed E-state index contributed by atoms with van der Waals surface area (Å²) in [7, 11) is -2.20. The van der Waals surface area contributed by atoms with E-state index < -0.39 is 56.9 Å². The molecule has 1 aromatic carbocycles. The third kappa shape index (κ3) is 8.41. The summed E-state index contributed by atoms with van der Waals surface area (Å²) in [5.74, 6) is -1.85. The van der Waals surface area contributed by atoms with E-state index in [0.29, 0.717) is 0 Å². The van der Waals surface area contributed by atoms with Crippen LogP contribution in [-0.2, 0) is 49.1 Å². The fourth-order valence-corrected chi connectivity index (χ4v) is 4.40. The Hall–Kier alpha value is -2.27. The molecule has 0 saturated carbocycles. The van der Waals surface area contributed by atoms with Crippen molar-refractivity contribution >= 4 is 26.2 Å². The Morgan fingerprint density at radius 3 is 1.89 bits per heavy atom. The lowest BCUT2D eigenvalue weighted by atomic mass is 9.98. The van der Waals surface area contributed by atoms with Crippen LogP contribution >= 0.6 is 0 Å². The molecule has 0 amide bonds. The molecule has 0 unspecified atom stereocenters. The topological polar surface area (TPSA) is 107 Å². The molecule has 1 aliphatic rings. The van der Waals surface area contributed by atoms with Gasteiger partial charge in [0.2, 0.25) is 0 Å². The van der Waals surface area contributed by atoms with Crippen LogP contribution in [0.5, 0.6) is 0 Å². The molecule has 0 N–H and O–H groups in total. The van der Waals surface area contributed by atoms with Gasteiger partial charge in [0.15, 0.2) is 32.9 Å². The van der Waals surface area contributed by atoms with E-state index in [9.17, 15) is 14.4 Å². The van der Waals surface area contributed by atoms with Crippen molar-refractivity contribution in [3.8, 4) is 0 Å². The number of rotatable bonds is 9. The van der Waals surface area contributed by atoms with Gasteiger partial charge in [-0.3, -0.25) is 14.4 Å². The molecular weight excluding hydrogens is 472 g/mol. The Labute approximate surface area is 208 Å². The van der Waals surface area contributed by atoms with Crippen LogP contribution in [0.25, 0.3) is 0 Å². The molecule has 1 heterocycles. The molecule has 35 heavy (non-hydrogen) atoms. The van der Waals surface area contributed by atoms with Crippen LogP contribution in [-0.4, -0.2) is 63.5 Å². The Kier molecular flexibility index (Phi) is 10.0. The van der Waals surface area contributed by atoms with Crippen LogP contribution in [0.3, 0.4) is 0 Å². The molecule has 5 atom stereocenters. The molecule has 2 rings (SSSR count). The summed E-state index contributed by atoms with van der Waals surface area (Å²) in [5.41, 5.74) is 0.873. The van der Waals surface area contributed by atoms with Crippen molar-refractivity contribution in [2.75, 3.05) is 6.61 Å². The minimum Gasteiger partial charge on any atom is -0.456 e. The Bertz CT molecular complexity index is 865. The molecule has 1 aliphatic heterocycles. The number of carbonyl (C=O) groups excluding carboxylic acids is 3. The fourth-order valence-electron chi connectivity index (χ4n) is 3.38. The van der Waals surface area contributed by atoms with Gasteiger partial charge in [-0.25, -0.2) is 0 Å². The van der Waals surface area contributed by atoms with Crippen molar-refractivity contribution in [2.24, 2.45) is 0 Å². The first-order chi connectivity index (χ1) is 16.2. The standard InChI is InChI=1S/C25H38O9Si/c1-16(26)31-21-20(15-30-35(7,8)25(4,5)6)34-24(29-14-19-12-10-9-11-13-19)23(33-18(3)28)22(21)32-17(2)27/h9-13,20-24H,14-15H2,1-8H3/t20-,21-,22+,23-,24-/m1/s1. The first-order valence-corrected chi connectivity index (χ1v) is 14.6. The molecular formula is C25H38O9Si.